The molecule has 0 radical (unpaired) electrons. The summed E-state index contributed by atoms with van der Waals surface area (Å²) in [6, 6.07) is 5.55. The van der Waals surface area contributed by atoms with Crippen molar-refractivity contribution in [3.8, 4) is 5.75 Å². The largest absolute Gasteiger partial charge is 0.484 e. The average molecular weight is 361 g/mol. The number of carbonyl (C=O) groups is 2. The Labute approximate surface area is 150 Å². The van der Waals surface area contributed by atoms with E-state index in [0.29, 0.717) is 12.3 Å². The van der Waals surface area contributed by atoms with Crippen LogP contribution < -0.4 is 10.1 Å². The summed E-state index contributed by atoms with van der Waals surface area (Å²) in [6.07, 6.45) is 1.51. The van der Waals surface area contributed by atoms with E-state index in [1.165, 1.54) is 24.5 Å². The lowest BCUT2D eigenvalue weighted by atomic mass is 10.2. The summed E-state index contributed by atoms with van der Waals surface area (Å²) in [7, 11) is 0. The molecular formula is C18H20FN3O4. The number of ether oxygens (including phenoxy) is 1. The molecule has 2 amide bonds. The fraction of sp³-hybridized carbons (Fsp3) is 0.389. The van der Waals surface area contributed by atoms with E-state index in [0.717, 1.165) is 0 Å². The number of halogens is 1. The second-order valence-electron chi connectivity index (χ2n) is 6.39. The fourth-order valence-electron chi connectivity index (χ4n) is 2.77. The third-order valence-electron chi connectivity index (χ3n) is 4.06. The van der Waals surface area contributed by atoms with Crippen molar-refractivity contribution in [3.05, 3.63) is 47.9 Å². The van der Waals surface area contributed by atoms with Crippen molar-refractivity contribution in [3.63, 3.8) is 0 Å². The highest BCUT2D eigenvalue weighted by atomic mass is 19.1. The lowest BCUT2D eigenvalue weighted by Crippen LogP contribution is -2.39. The molecule has 1 aromatic heterocycles. The van der Waals surface area contributed by atoms with E-state index in [2.05, 4.69) is 10.3 Å². The predicted octanol–water partition coefficient (Wildman–Crippen LogP) is 2.13. The van der Waals surface area contributed by atoms with E-state index in [9.17, 15) is 14.0 Å². The molecule has 26 heavy (non-hydrogen) atoms. The van der Waals surface area contributed by atoms with Crippen LogP contribution in [0.25, 0.3) is 0 Å². The van der Waals surface area contributed by atoms with Crippen LogP contribution in [-0.4, -0.2) is 40.3 Å². The summed E-state index contributed by atoms with van der Waals surface area (Å²) in [4.78, 5) is 29.9. The first kappa shape index (κ1) is 17.9. The molecule has 1 fully saturated rings. The predicted molar refractivity (Wildman–Crippen MR) is 90.0 cm³/mol. The molecule has 0 spiro atoms. The molecule has 1 aromatic carbocycles. The number of likely N-dealkylation sites (tertiary alicyclic amines) is 1. The van der Waals surface area contributed by atoms with Crippen LogP contribution in [0.2, 0.25) is 0 Å². The first-order chi connectivity index (χ1) is 12.4. The van der Waals surface area contributed by atoms with Crippen LogP contribution in [-0.2, 0) is 11.4 Å². The van der Waals surface area contributed by atoms with Gasteiger partial charge in [-0.15, -0.1) is 0 Å². The third kappa shape index (κ3) is 4.19. The minimum atomic E-state index is -0.408. The van der Waals surface area contributed by atoms with Gasteiger partial charge in [-0.2, -0.15) is 0 Å². The number of hydrogen-bond acceptors (Lipinski definition) is 5. The Morgan fingerprint density at radius 1 is 1.50 bits per heavy atom. The maximum Gasteiger partial charge on any atom is 0.273 e. The standard InChI is InChI=1S/C18H20FN3O4/c1-11(2)22-8-13(7-17(22)23)20-18(24)15-9-26-16(21-15)10-25-14-5-3-4-12(19)6-14/h3-6,9,11,13H,7-8,10H2,1-2H3,(H,20,24). The van der Waals surface area contributed by atoms with E-state index in [1.54, 1.807) is 11.0 Å². The highest BCUT2D eigenvalue weighted by molar-refractivity contribution is 5.93. The highest BCUT2D eigenvalue weighted by Gasteiger charge is 2.32. The number of oxazole rings is 1. The molecule has 1 N–H and O–H groups in total. The first-order valence-corrected chi connectivity index (χ1v) is 8.35. The Kier molecular flexibility index (Phi) is 5.20. The van der Waals surface area contributed by atoms with Gasteiger partial charge in [-0.1, -0.05) is 6.07 Å². The minimum Gasteiger partial charge on any atom is -0.484 e. The maximum absolute atomic E-state index is 13.1. The van der Waals surface area contributed by atoms with Gasteiger partial charge >= 0.3 is 0 Å². The van der Waals surface area contributed by atoms with Gasteiger partial charge in [-0.25, -0.2) is 9.37 Å². The van der Waals surface area contributed by atoms with Crippen LogP contribution in [0.3, 0.4) is 0 Å². The molecule has 1 aliphatic heterocycles. The van der Waals surface area contributed by atoms with E-state index in [1.807, 2.05) is 13.8 Å². The molecule has 2 aromatic rings. The Balaban J connectivity index is 1.54. The Hall–Kier alpha value is -2.90. The Bertz CT molecular complexity index is 805. The highest BCUT2D eigenvalue weighted by Crippen LogP contribution is 2.16. The van der Waals surface area contributed by atoms with Crippen molar-refractivity contribution in [2.24, 2.45) is 0 Å². The first-order valence-electron chi connectivity index (χ1n) is 8.35. The summed E-state index contributed by atoms with van der Waals surface area (Å²) in [5.74, 6) is -0.251. The van der Waals surface area contributed by atoms with Crippen LogP contribution in [0.4, 0.5) is 4.39 Å². The van der Waals surface area contributed by atoms with Gasteiger partial charge in [0.25, 0.3) is 5.91 Å². The summed E-state index contributed by atoms with van der Waals surface area (Å²) in [5.41, 5.74) is 0.110. The molecule has 0 saturated carbocycles. The van der Waals surface area contributed by atoms with Gasteiger partial charge in [-0.3, -0.25) is 9.59 Å². The molecule has 138 valence electrons. The molecule has 1 atom stereocenters. The molecule has 1 unspecified atom stereocenters. The van der Waals surface area contributed by atoms with Gasteiger partial charge in [0.05, 0.1) is 6.04 Å². The van der Waals surface area contributed by atoms with E-state index < -0.39 is 11.7 Å². The van der Waals surface area contributed by atoms with Crippen molar-refractivity contribution in [2.45, 2.75) is 39.0 Å². The van der Waals surface area contributed by atoms with Gasteiger partial charge in [0.15, 0.2) is 12.3 Å². The number of benzene rings is 1. The van der Waals surface area contributed by atoms with Crippen LogP contribution in [0, 0.1) is 5.82 Å². The molecule has 1 aliphatic rings. The number of aromatic nitrogens is 1. The summed E-state index contributed by atoms with van der Waals surface area (Å²) < 4.78 is 23.7. The van der Waals surface area contributed by atoms with Crippen molar-refractivity contribution in [2.75, 3.05) is 6.54 Å². The van der Waals surface area contributed by atoms with Crippen LogP contribution in [0.1, 0.15) is 36.6 Å². The quantitative estimate of drug-likeness (QED) is 0.852. The molecule has 0 aliphatic carbocycles. The van der Waals surface area contributed by atoms with Crippen LogP contribution >= 0.6 is 0 Å². The number of carbonyl (C=O) groups excluding carboxylic acids is 2. The van der Waals surface area contributed by atoms with Gasteiger partial charge < -0.3 is 19.4 Å². The lowest BCUT2D eigenvalue weighted by molar-refractivity contribution is -0.129. The van der Waals surface area contributed by atoms with E-state index in [-0.39, 0.29) is 42.6 Å². The van der Waals surface area contributed by atoms with Crippen molar-refractivity contribution >= 4 is 11.8 Å². The van der Waals surface area contributed by atoms with Gasteiger partial charge in [0.1, 0.15) is 17.8 Å². The fourth-order valence-corrected chi connectivity index (χ4v) is 2.77. The zero-order chi connectivity index (χ0) is 18.7. The van der Waals surface area contributed by atoms with E-state index >= 15 is 0 Å². The molecule has 8 heteroatoms. The summed E-state index contributed by atoms with van der Waals surface area (Å²) in [5, 5.41) is 2.79. The zero-order valence-electron chi connectivity index (χ0n) is 14.6. The molecule has 0 bridgehead atoms. The molecule has 2 heterocycles. The number of nitrogens with one attached hydrogen (secondary N) is 1. The van der Waals surface area contributed by atoms with Crippen LogP contribution in [0.15, 0.2) is 34.9 Å². The van der Waals surface area contributed by atoms with Gasteiger partial charge in [0, 0.05) is 25.1 Å². The van der Waals surface area contributed by atoms with Gasteiger partial charge in [-0.05, 0) is 26.0 Å². The Morgan fingerprint density at radius 3 is 3.00 bits per heavy atom. The van der Waals surface area contributed by atoms with Crippen LogP contribution in [0.5, 0.6) is 5.75 Å². The van der Waals surface area contributed by atoms with Gasteiger partial charge in [0.2, 0.25) is 11.8 Å². The molecule has 1 saturated heterocycles. The summed E-state index contributed by atoms with van der Waals surface area (Å²) >= 11 is 0. The SMILES string of the molecule is CC(C)N1CC(NC(=O)c2coc(COc3cccc(F)c3)n2)CC1=O. The third-order valence-corrected chi connectivity index (χ3v) is 4.06. The second kappa shape index (κ2) is 7.55. The number of rotatable bonds is 6. The lowest BCUT2D eigenvalue weighted by Gasteiger charge is -2.20. The summed E-state index contributed by atoms with van der Waals surface area (Å²) in [6.45, 7) is 4.32. The van der Waals surface area contributed by atoms with Crippen molar-refractivity contribution < 1.29 is 23.1 Å². The second-order valence-corrected chi connectivity index (χ2v) is 6.39. The number of hydrogen-bond donors (Lipinski definition) is 1. The normalized spacial score (nSPS) is 17.0. The van der Waals surface area contributed by atoms with E-state index in [4.69, 9.17) is 9.15 Å². The minimum absolute atomic E-state index is 0.0228. The number of nitrogens with zero attached hydrogens (tertiary/aromatic N) is 2. The average Bonchev–Trinajstić information content (AvgIpc) is 3.20. The maximum atomic E-state index is 13.1. The molecular weight excluding hydrogens is 341 g/mol. The van der Waals surface area contributed by atoms with Crippen molar-refractivity contribution in [1.82, 2.24) is 15.2 Å². The molecule has 3 rings (SSSR count). The topological polar surface area (TPSA) is 84.7 Å². The Morgan fingerprint density at radius 2 is 2.31 bits per heavy atom. The van der Waals surface area contributed by atoms with Crippen molar-refractivity contribution in [1.29, 1.82) is 0 Å². The smallest absolute Gasteiger partial charge is 0.273 e. The molecule has 7 nitrogen and oxygen atoms in total. The monoisotopic (exact) mass is 361 g/mol. The zero-order valence-corrected chi connectivity index (χ0v) is 14.6. The number of amides is 2.